The average molecular weight is 465 g/mol. The first kappa shape index (κ1) is 20.4. The molecule has 3 aromatic rings. The first-order chi connectivity index (χ1) is 13.5. The van der Waals surface area contributed by atoms with Crippen LogP contribution < -0.4 is 4.74 Å². The number of rotatable bonds is 7. The normalized spacial score (nSPS) is 10.7. The molecule has 0 unspecified atom stereocenters. The van der Waals surface area contributed by atoms with Crippen molar-refractivity contribution >= 4 is 33.4 Å². The van der Waals surface area contributed by atoms with Crippen LogP contribution in [0, 0.1) is 0 Å². The summed E-state index contributed by atoms with van der Waals surface area (Å²) >= 11 is 9.63. The number of methoxy groups -OCH3 is 1. The molecule has 0 aliphatic carbocycles. The minimum absolute atomic E-state index is 0.148. The topological polar surface area (TPSA) is 68.5 Å². The van der Waals surface area contributed by atoms with E-state index in [1.807, 2.05) is 25.1 Å². The van der Waals surface area contributed by atoms with Crippen LogP contribution in [0.15, 0.2) is 51.4 Å². The molecule has 146 valence electrons. The fourth-order valence-corrected chi connectivity index (χ4v) is 3.34. The summed E-state index contributed by atoms with van der Waals surface area (Å²) in [7, 11) is 1.57. The third-order valence-corrected chi connectivity index (χ3v) is 5.10. The van der Waals surface area contributed by atoms with Crippen LogP contribution in [0.2, 0.25) is 5.02 Å². The molecule has 0 saturated heterocycles. The van der Waals surface area contributed by atoms with Crippen LogP contribution in [0.4, 0.5) is 0 Å². The highest BCUT2D eigenvalue weighted by molar-refractivity contribution is 9.10. The van der Waals surface area contributed by atoms with Crippen LogP contribution in [0.3, 0.4) is 0 Å². The SMILES string of the molecule is CCCN(Cc1nnc(-c2ccccc2Cl)o1)C(=O)c1cc(OC)ccc1Br. The molecule has 0 atom stereocenters. The van der Waals surface area contributed by atoms with Crippen molar-refractivity contribution in [2.45, 2.75) is 19.9 Å². The lowest BCUT2D eigenvalue weighted by atomic mass is 10.2. The van der Waals surface area contributed by atoms with Crippen molar-refractivity contribution in [3.8, 4) is 17.2 Å². The predicted molar refractivity (Wildman–Crippen MR) is 110 cm³/mol. The Bertz CT molecular complexity index is 977. The van der Waals surface area contributed by atoms with E-state index in [0.717, 1.165) is 6.42 Å². The first-order valence-corrected chi connectivity index (χ1v) is 9.90. The van der Waals surface area contributed by atoms with E-state index >= 15 is 0 Å². The largest absolute Gasteiger partial charge is 0.497 e. The molecule has 0 N–H and O–H groups in total. The maximum absolute atomic E-state index is 13.1. The van der Waals surface area contributed by atoms with Gasteiger partial charge in [-0.3, -0.25) is 4.79 Å². The van der Waals surface area contributed by atoms with Gasteiger partial charge in [0.1, 0.15) is 5.75 Å². The van der Waals surface area contributed by atoms with Crippen LogP contribution in [-0.2, 0) is 6.54 Å². The third kappa shape index (κ3) is 4.54. The summed E-state index contributed by atoms with van der Waals surface area (Å²) in [4.78, 5) is 14.8. The van der Waals surface area contributed by atoms with E-state index in [2.05, 4.69) is 26.1 Å². The number of halogens is 2. The van der Waals surface area contributed by atoms with E-state index in [-0.39, 0.29) is 12.5 Å². The second kappa shape index (κ2) is 9.21. The van der Waals surface area contributed by atoms with Crippen molar-refractivity contribution in [2.24, 2.45) is 0 Å². The highest BCUT2D eigenvalue weighted by atomic mass is 79.9. The smallest absolute Gasteiger partial charge is 0.255 e. The lowest BCUT2D eigenvalue weighted by molar-refractivity contribution is 0.0727. The number of hydrogen-bond acceptors (Lipinski definition) is 5. The zero-order valence-electron chi connectivity index (χ0n) is 15.5. The maximum atomic E-state index is 13.1. The number of carbonyl (C=O) groups is 1. The molecule has 0 aliphatic rings. The molecule has 0 bridgehead atoms. The fraction of sp³-hybridized carbons (Fsp3) is 0.250. The lowest BCUT2D eigenvalue weighted by Gasteiger charge is -2.21. The Morgan fingerprint density at radius 3 is 2.75 bits per heavy atom. The lowest BCUT2D eigenvalue weighted by Crippen LogP contribution is -2.31. The summed E-state index contributed by atoms with van der Waals surface area (Å²) in [5.41, 5.74) is 1.17. The van der Waals surface area contributed by atoms with Crippen LogP contribution in [0.25, 0.3) is 11.5 Å². The van der Waals surface area contributed by atoms with Gasteiger partial charge in [-0.25, -0.2) is 0 Å². The van der Waals surface area contributed by atoms with Crippen molar-refractivity contribution in [1.29, 1.82) is 0 Å². The Morgan fingerprint density at radius 1 is 1.25 bits per heavy atom. The molecule has 3 rings (SSSR count). The zero-order valence-corrected chi connectivity index (χ0v) is 17.8. The minimum atomic E-state index is -0.148. The first-order valence-electron chi connectivity index (χ1n) is 8.73. The molecule has 0 spiro atoms. The Balaban J connectivity index is 1.84. The molecule has 6 nitrogen and oxygen atoms in total. The van der Waals surface area contributed by atoms with Crippen molar-refractivity contribution in [3.05, 3.63) is 63.4 Å². The average Bonchev–Trinajstić information content (AvgIpc) is 3.16. The molecule has 0 radical (unpaired) electrons. The van der Waals surface area contributed by atoms with E-state index in [9.17, 15) is 4.79 Å². The fourth-order valence-electron chi connectivity index (χ4n) is 2.71. The van der Waals surface area contributed by atoms with E-state index in [4.69, 9.17) is 20.8 Å². The number of ether oxygens (including phenoxy) is 1. The summed E-state index contributed by atoms with van der Waals surface area (Å²) in [6, 6.07) is 12.5. The summed E-state index contributed by atoms with van der Waals surface area (Å²) in [5.74, 6) is 1.13. The van der Waals surface area contributed by atoms with Gasteiger partial charge in [-0.15, -0.1) is 10.2 Å². The molecular formula is C20H19BrClN3O3. The van der Waals surface area contributed by atoms with Crippen molar-refractivity contribution in [3.63, 3.8) is 0 Å². The summed E-state index contributed by atoms with van der Waals surface area (Å²) < 4.78 is 11.7. The predicted octanol–water partition coefficient (Wildman–Crippen LogP) is 5.21. The number of nitrogens with zero attached hydrogens (tertiary/aromatic N) is 3. The van der Waals surface area contributed by atoms with E-state index < -0.39 is 0 Å². The zero-order chi connectivity index (χ0) is 20.1. The molecule has 1 amide bonds. The molecule has 0 fully saturated rings. The van der Waals surface area contributed by atoms with Crippen LogP contribution >= 0.6 is 27.5 Å². The Hall–Kier alpha value is -2.38. The second-order valence-electron chi connectivity index (χ2n) is 6.05. The minimum Gasteiger partial charge on any atom is -0.497 e. The van der Waals surface area contributed by atoms with Crippen molar-refractivity contribution < 1.29 is 13.9 Å². The van der Waals surface area contributed by atoms with Gasteiger partial charge in [0.15, 0.2) is 0 Å². The van der Waals surface area contributed by atoms with Gasteiger partial charge >= 0.3 is 0 Å². The third-order valence-electron chi connectivity index (χ3n) is 4.08. The van der Waals surface area contributed by atoms with Crippen LogP contribution in [-0.4, -0.2) is 34.7 Å². The Morgan fingerprint density at radius 2 is 2.04 bits per heavy atom. The van der Waals surface area contributed by atoms with E-state index in [1.165, 1.54) is 0 Å². The molecule has 1 heterocycles. The van der Waals surface area contributed by atoms with Gasteiger partial charge in [0.25, 0.3) is 5.91 Å². The number of aromatic nitrogens is 2. The van der Waals surface area contributed by atoms with Crippen LogP contribution in [0.5, 0.6) is 5.75 Å². The van der Waals surface area contributed by atoms with Gasteiger partial charge in [-0.05, 0) is 52.7 Å². The molecule has 0 saturated carbocycles. The van der Waals surface area contributed by atoms with Gasteiger partial charge in [-0.1, -0.05) is 30.7 Å². The van der Waals surface area contributed by atoms with Gasteiger partial charge in [-0.2, -0.15) is 0 Å². The molecular weight excluding hydrogens is 446 g/mol. The summed E-state index contributed by atoms with van der Waals surface area (Å²) in [6.45, 7) is 2.75. The Kier molecular flexibility index (Phi) is 6.70. The maximum Gasteiger partial charge on any atom is 0.255 e. The van der Waals surface area contributed by atoms with Crippen molar-refractivity contribution in [2.75, 3.05) is 13.7 Å². The summed E-state index contributed by atoms with van der Waals surface area (Å²) in [5, 5.41) is 8.68. The quantitative estimate of drug-likeness (QED) is 0.480. The van der Waals surface area contributed by atoms with E-state index in [1.54, 1.807) is 36.3 Å². The van der Waals surface area contributed by atoms with Gasteiger partial charge < -0.3 is 14.1 Å². The van der Waals surface area contributed by atoms with Crippen molar-refractivity contribution in [1.82, 2.24) is 15.1 Å². The molecule has 2 aromatic carbocycles. The standard InChI is InChI=1S/C20H19BrClN3O3/c1-3-10-25(20(26)15-11-13(27-2)8-9-16(15)21)12-18-23-24-19(28-18)14-6-4-5-7-17(14)22/h4-9,11H,3,10,12H2,1-2H3. The number of carbonyl (C=O) groups excluding carboxylic acids is 1. The van der Waals surface area contributed by atoms with E-state index in [0.29, 0.717) is 44.7 Å². The highest BCUT2D eigenvalue weighted by Gasteiger charge is 2.21. The van der Waals surface area contributed by atoms with Gasteiger partial charge in [0.2, 0.25) is 11.8 Å². The Labute approximate surface area is 176 Å². The van der Waals surface area contributed by atoms with Gasteiger partial charge in [0, 0.05) is 11.0 Å². The molecule has 8 heteroatoms. The highest BCUT2D eigenvalue weighted by Crippen LogP contribution is 2.27. The number of benzene rings is 2. The molecule has 0 aliphatic heterocycles. The molecule has 28 heavy (non-hydrogen) atoms. The van der Waals surface area contributed by atoms with Gasteiger partial charge in [0.05, 0.1) is 29.8 Å². The molecule has 1 aromatic heterocycles. The number of hydrogen-bond donors (Lipinski definition) is 0. The summed E-state index contributed by atoms with van der Waals surface area (Å²) in [6.07, 6.45) is 0.791. The van der Waals surface area contributed by atoms with Crippen LogP contribution in [0.1, 0.15) is 29.6 Å². The second-order valence-corrected chi connectivity index (χ2v) is 7.31. The number of amides is 1. The monoisotopic (exact) mass is 463 g/mol.